The molecule has 6 aromatic carbocycles. The average molecular weight is 917 g/mol. The third-order valence-corrected chi connectivity index (χ3v) is 17.8. The van der Waals surface area contributed by atoms with Crippen molar-refractivity contribution in [3.8, 4) is 55.6 Å². The highest BCUT2D eigenvalue weighted by Gasteiger charge is 2.44. The second-order valence-electron chi connectivity index (χ2n) is 20.2. The lowest BCUT2D eigenvalue weighted by Crippen LogP contribution is -2.25. The van der Waals surface area contributed by atoms with Crippen molar-refractivity contribution in [1.82, 2.24) is 0 Å². The highest BCUT2D eigenvalue weighted by molar-refractivity contribution is 7.92. The van der Waals surface area contributed by atoms with Crippen LogP contribution in [0.15, 0.2) is 119 Å². The van der Waals surface area contributed by atoms with Crippen molar-refractivity contribution >= 4 is 9.84 Å². The van der Waals surface area contributed by atoms with Gasteiger partial charge in [-0.2, -0.15) is 0 Å². The lowest BCUT2D eigenvalue weighted by molar-refractivity contribution is 0.401. The average Bonchev–Trinajstić information content (AvgIpc) is 3.85. The number of hydrogen-bond donors (Lipinski definition) is 0. The van der Waals surface area contributed by atoms with Crippen LogP contribution in [0.1, 0.15) is 178 Å². The van der Waals surface area contributed by atoms with Gasteiger partial charge >= 0.3 is 0 Å². The minimum atomic E-state index is -4.12. The molecule has 67 heavy (non-hydrogen) atoms. The number of sulfone groups is 1. The molecule has 0 amide bonds. The van der Waals surface area contributed by atoms with Crippen molar-refractivity contribution in [2.24, 2.45) is 0 Å². The molecule has 0 saturated heterocycles. The van der Waals surface area contributed by atoms with E-state index in [4.69, 9.17) is 0 Å². The van der Waals surface area contributed by atoms with Crippen LogP contribution in [-0.2, 0) is 20.7 Å². The topological polar surface area (TPSA) is 34.1 Å². The van der Waals surface area contributed by atoms with E-state index >= 15 is 8.78 Å². The molecule has 0 radical (unpaired) electrons. The standard InChI is InChI=1S/C62H70F2O2S/c1-5-9-13-21-33-61(34-22-14-10-6-2)53-27-19-17-25-45(53)47-31-29-43(37-55(47)61)49-41-59-51(39-57(49)63)52-40-58(64)50(42-60(52)67(59,65)66)44-30-32-48-46-26-18-20-28-54(46)62(56(48)38-44,35-23-15-11-7-3)36-24-16-12-8-4/h17-20,25-32,37-42H,5-16,21-24,33-36H2,1-4H3. The van der Waals surface area contributed by atoms with Gasteiger partial charge in [-0.05, 0) is 118 Å². The number of hydrogen-bond acceptors (Lipinski definition) is 2. The number of halogens is 2. The first-order chi connectivity index (χ1) is 32.6. The summed E-state index contributed by atoms with van der Waals surface area (Å²) < 4.78 is 63.1. The summed E-state index contributed by atoms with van der Waals surface area (Å²) in [6.07, 6.45) is 22.7. The number of fused-ring (bicyclic) bond motifs is 9. The monoisotopic (exact) mass is 917 g/mol. The van der Waals surface area contributed by atoms with Crippen LogP contribution in [0, 0.1) is 11.6 Å². The second kappa shape index (κ2) is 20.0. The van der Waals surface area contributed by atoms with E-state index in [1.54, 1.807) is 0 Å². The molecule has 0 saturated carbocycles. The first kappa shape index (κ1) is 47.2. The van der Waals surface area contributed by atoms with Crippen LogP contribution in [0.4, 0.5) is 8.78 Å². The lowest BCUT2D eigenvalue weighted by Gasteiger charge is -2.33. The van der Waals surface area contributed by atoms with Gasteiger partial charge in [0.2, 0.25) is 9.84 Å². The van der Waals surface area contributed by atoms with E-state index in [0.29, 0.717) is 11.1 Å². The first-order valence-corrected chi connectivity index (χ1v) is 27.5. The predicted octanol–water partition coefficient (Wildman–Crippen LogP) is 18.5. The van der Waals surface area contributed by atoms with Crippen LogP contribution < -0.4 is 0 Å². The summed E-state index contributed by atoms with van der Waals surface area (Å²) in [7, 11) is -4.12. The Labute approximate surface area is 400 Å². The highest BCUT2D eigenvalue weighted by Crippen LogP contribution is 2.57. The molecule has 6 aromatic rings. The van der Waals surface area contributed by atoms with E-state index in [1.165, 1.54) is 146 Å². The molecule has 2 nitrogen and oxygen atoms in total. The minimum absolute atomic E-state index is 0.0345. The zero-order valence-electron chi connectivity index (χ0n) is 40.5. The van der Waals surface area contributed by atoms with Crippen LogP contribution in [0.3, 0.4) is 0 Å². The molecule has 0 bridgehead atoms. The Morgan fingerprint density at radius 3 is 1.06 bits per heavy atom. The van der Waals surface area contributed by atoms with Gasteiger partial charge in [0.25, 0.3) is 0 Å². The molecule has 2 aliphatic carbocycles. The fraction of sp³-hybridized carbons (Fsp3) is 0.419. The molecule has 0 spiro atoms. The summed E-state index contributed by atoms with van der Waals surface area (Å²) in [5, 5.41) is 0. The number of unbranched alkanes of at least 4 members (excludes halogenated alkanes) is 12. The summed E-state index contributed by atoms with van der Waals surface area (Å²) in [6, 6.07) is 35.7. The Balaban J connectivity index is 1.10. The van der Waals surface area contributed by atoms with Crippen molar-refractivity contribution in [2.75, 3.05) is 0 Å². The van der Waals surface area contributed by atoms with Crippen LogP contribution in [0.25, 0.3) is 55.6 Å². The SMILES string of the molecule is CCCCCCC1(CCCCCC)c2ccccc2-c2ccc(-c3cc4c(cc3F)-c3cc(F)c(-c5ccc6c(c5)C(CCCCCC)(CCCCCC)c5ccccc5-6)cc3S4(=O)=O)cc21. The Kier molecular flexibility index (Phi) is 14.1. The molecule has 9 rings (SSSR count). The van der Waals surface area contributed by atoms with Gasteiger partial charge in [0.15, 0.2) is 0 Å². The Morgan fingerprint density at radius 2 is 0.701 bits per heavy atom. The van der Waals surface area contributed by atoms with Crippen molar-refractivity contribution in [3.63, 3.8) is 0 Å². The largest absolute Gasteiger partial charge is 0.218 e. The van der Waals surface area contributed by atoms with Crippen LogP contribution in [0.5, 0.6) is 0 Å². The summed E-state index contributed by atoms with van der Waals surface area (Å²) in [4.78, 5) is 0.0689. The lowest BCUT2D eigenvalue weighted by atomic mass is 9.70. The van der Waals surface area contributed by atoms with E-state index < -0.39 is 21.5 Å². The van der Waals surface area contributed by atoms with Gasteiger partial charge < -0.3 is 0 Å². The van der Waals surface area contributed by atoms with Crippen molar-refractivity contribution < 1.29 is 17.2 Å². The van der Waals surface area contributed by atoms with Gasteiger partial charge in [-0.15, -0.1) is 0 Å². The summed E-state index contributed by atoms with van der Waals surface area (Å²) in [5.74, 6) is -1.02. The second-order valence-corrected chi connectivity index (χ2v) is 22.1. The van der Waals surface area contributed by atoms with Gasteiger partial charge in [-0.25, -0.2) is 17.2 Å². The van der Waals surface area contributed by atoms with Crippen LogP contribution >= 0.6 is 0 Å². The number of rotatable bonds is 22. The van der Waals surface area contributed by atoms with Gasteiger partial charge in [0.05, 0.1) is 9.79 Å². The van der Waals surface area contributed by atoms with Crippen molar-refractivity contribution in [3.05, 3.63) is 143 Å². The van der Waals surface area contributed by atoms with Gasteiger partial charge in [0.1, 0.15) is 11.6 Å². The van der Waals surface area contributed by atoms with Crippen molar-refractivity contribution in [1.29, 1.82) is 0 Å². The maximum atomic E-state index is 16.8. The maximum Gasteiger partial charge on any atom is 0.207 e. The summed E-state index contributed by atoms with van der Waals surface area (Å²) in [6.45, 7) is 8.98. The Morgan fingerprint density at radius 1 is 0.358 bits per heavy atom. The van der Waals surface area contributed by atoms with E-state index in [2.05, 4.69) is 100 Å². The summed E-state index contributed by atoms with van der Waals surface area (Å²) >= 11 is 0. The summed E-state index contributed by atoms with van der Waals surface area (Å²) in [5.41, 5.74) is 11.9. The molecule has 0 N–H and O–H groups in total. The van der Waals surface area contributed by atoms with E-state index in [0.717, 1.165) is 51.4 Å². The fourth-order valence-corrected chi connectivity index (χ4v) is 14.2. The normalized spacial score (nSPS) is 15.2. The molecule has 3 aliphatic rings. The molecule has 0 atom stereocenters. The highest BCUT2D eigenvalue weighted by atomic mass is 32.2. The molecule has 0 aromatic heterocycles. The Bertz CT molecular complexity index is 2660. The molecule has 0 fully saturated rings. The number of benzene rings is 6. The first-order valence-electron chi connectivity index (χ1n) is 26.1. The van der Waals surface area contributed by atoms with E-state index in [-0.39, 0.29) is 42.9 Å². The molecular formula is C62H70F2O2S. The van der Waals surface area contributed by atoms with E-state index in [9.17, 15) is 8.42 Å². The zero-order chi connectivity index (χ0) is 46.8. The minimum Gasteiger partial charge on any atom is -0.218 e. The van der Waals surface area contributed by atoms with Crippen molar-refractivity contribution in [2.45, 2.75) is 177 Å². The van der Waals surface area contributed by atoms with Gasteiger partial charge in [0, 0.05) is 33.1 Å². The molecular weight excluding hydrogens is 847 g/mol. The predicted molar refractivity (Wildman–Crippen MR) is 276 cm³/mol. The molecule has 0 unspecified atom stereocenters. The van der Waals surface area contributed by atoms with Gasteiger partial charge in [-0.3, -0.25) is 0 Å². The van der Waals surface area contributed by atoms with Crippen LogP contribution in [-0.4, -0.2) is 8.42 Å². The Hall–Kier alpha value is -4.87. The maximum absolute atomic E-state index is 16.8. The third kappa shape index (κ3) is 8.44. The fourth-order valence-electron chi connectivity index (χ4n) is 12.5. The quantitative estimate of drug-likeness (QED) is 0.0501. The molecule has 1 heterocycles. The van der Waals surface area contributed by atoms with Gasteiger partial charge in [-0.1, -0.05) is 203 Å². The molecule has 5 heteroatoms. The third-order valence-electron chi connectivity index (χ3n) is 16.0. The smallest absolute Gasteiger partial charge is 0.207 e. The van der Waals surface area contributed by atoms with Crippen LogP contribution in [0.2, 0.25) is 0 Å². The van der Waals surface area contributed by atoms with E-state index in [1.807, 2.05) is 12.1 Å². The zero-order valence-corrected chi connectivity index (χ0v) is 41.3. The molecule has 1 aliphatic heterocycles. The molecule has 350 valence electrons.